The smallest absolute Gasteiger partial charge is 0.363 e. The second-order valence-corrected chi connectivity index (χ2v) is 22.2. The second-order valence-electron chi connectivity index (χ2n) is 20.8. The van der Waals surface area contributed by atoms with E-state index in [1.165, 1.54) is 29.3 Å². The first-order valence-corrected chi connectivity index (χ1v) is 27.7. The van der Waals surface area contributed by atoms with E-state index in [1.54, 1.807) is 24.3 Å². The standard InChI is InChI=1S/C58H69N5O10S/c1-6-35-61-48-27-25-44(74(69,70)71)38-46(48)58(5)32-11-7-9-16-51(64)59-33-34-60-52(65)17-10-8-12-36-62-47-26-18-39(2)37-45(47)57(3,4)49(62)28-21-40-14-13-15-41(22-29-50(58)61)55(40)72-43-23-19-42(20-24-43)56(68)73-63-53(66)30-31-54(63)67/h18-29,37-38H,6-17,30-36H2,1-5H3,(H2-,59,60,64,65,69,70,71)/p+1. The van der Waals surface area contributed by atoms with Gasteiger partial charge < -0.3 is 25.1 Å². The van der Waals surface area contributed by atoms with Gasteiger partial charge in [-0.1, -0.05) is 37.5 Å². The molecule has 0 saturated carbocycles. The minimum absolute atomic E-state index is 0.0149. The fourth-order valence-corrected chi connectivity index (χ4v) is 11.5. The van der Waals surface area contributed by atoms with Crippen molar-refractivity contribution in [2.75, 3.05) is 31.1 Å². The van der Waals surface area contributed by atoms with E-state index in [4.69, 9.17) is 9.57 Å². The van der Waals surface area contributed by atoms with Crippen molar-refractivity contribution in [2.24, 2.45) is 0 Å². The molecule has 0 radical (unpaired) electrons. The van der Waals surface area contributed by atoms with E-state index < -0.39 is 33.3 Å². The molecule has 392 valence electrons. The van der Waals surface area contributed by atoms with Gasteiger partial charge in [0.15, 0.2) is 5.71 Å². The van der Waals surface area contributed by atoms with Gasteiger partial charge in [-0.3, -0.25) is 23.7 Å². The van der Waals surface area contributed by atoms with Crippen molar-refractivity contribution >= 4 is 56.8 Å². The quantitative estimate of drug-likeness (QED) is 0.116. The van der Waals surface area contributed by atoms with E-state index >= 15 is 0 Å². The first-order chi connectivity index (χ1) is 35.4. The van der Waals surface area contributed by atoms with E-state index in [1.807, 2.05) is 0 Å². The molecular formula is C58H70N5O10S+. The lowest BCUT2D eigenvalue weighted by molar-refractivity contribution is -0.438. The van der Waals surface area contributed by atoms with Crippen LogP contribution in [0.2, 0.25) is 0 Å². The molecule has 0 spiro atoms. The Kier molecular flexibility index (Phi) is 16.6. The molecule has 4 aliphatic heterocycles. The molecule has 1 unspecified atom stereocenters. The molecule has 5 aliphatic rings. The van der Waals surface area contributed by atoms with E-state index in [0.717, 1.165) is 91.0 Å². The molecule has 8 rings (SSSR count). The zero-order valence-corrected chi connectivity index (χ0v) is 44.2. The van der Waals surface area contributed by atoms with Gasteiger partial charge in [0.2, 0.25) is 17.5 Å². The normalized spacial score (nSPS) is 22.8. The van der Waals surface area contributed by atoms with Gasteiger partial charge >= 0.3 is 5.97 Å². The van der Waals surface area contributed by atoms with Crippen LogP contribution in [0.25, 0.3) is 0 Å². The van der Waals surface area contributed by atoms with Gasteiger partial charge in [-0.2, -0.15) is 13.0 Å². The number of rotatable bonds is 7. The predicted octanol–water partition coefficient (Wildman–Crippen LogP) is 9.67. The van der Waals surface area contributed by atoms with Gasteiger partial charge in [0.05, 0.1) is 15.9 Å². The molecule has 16 heteroatoms. The van der Waals surface area contributed by atoms with Crippen molar-refractivity contribution in [3.05, 3.63) is 130 Å². The number of nitrogens with zero attached hydrogens (tertiary/aromatic N) is 3. The Balaban J connectivity index is 1.23. The average molecular weight is 1030 g/mol. The first-order valence-electron chi connectivity index (χ1n) is 26.3. The highest BCUT2D eigenvalue weighted by molar-refractivity contribution is 7.85. The number of imide groups is 1. The van der Waals surface area contributed by atoms with Gasteiger partial charge in [-0.05, 0) is 156 Å². The van der Waals surface area contributed by atoms with Gasteiger partial charge in [0, 0.05) is 86.2 Å². The third-order valence-electron chi connectivity index (χ3n) is 15.0. The summed E-state index contributed by atoms with van der Waals surface area (Å²) in [5.41, 5.74) is 8.35. The molecule has 3 N–H and O–H groups in total. The highest BCUT2D eigenvalue weighted by Gasteiger charge is 2.45. The van der Waals surface area contributed by atoms with Crippen molar-refractivity contribution in [3.8, 4) is 5.75 Å². The van der Waals surface area contributed by atoms with Gasteiger partial charge in [-0.15, -0.1) is 5.06 Å². The van der Waals surface area contributed by atoms with Gasteiger partial charge in [0.1, 0.15) is 18.1 Å². The summed E-state index contributed by atoms with van der Waals surface area (Å²) in [5, 5.41) is 6.42. The zero-order chi connectivity index (χ0) is 52.8. The number of anilines is 1. The maximum Gasteiger partial charge on any atom is 0.363 e. The Morgan fingerprint density at radius 3 is 2.12 bits per heavy atom. The SMILES string of the molecule is CCCN1/C2=C\C=C3/CCCC(=C3Oc3ccc(C(=O)ON4C(=O)CCC4=O)cc3)C=CC3=[N+](CCCCCC(=O)NCCNC(=O)CCCCCC2(C)c2cc(S(=O)(=O)O)ccc21)c1ccc(C)cc1C3(C)C. The summed E-state index contributed by atoms with van der Waals surface area (Å²) in [6.45, 7) is 12.9. The molecule has 1 aliphatic carbocycles. The Hall–Kier alpha value is -6.65. The second kappa shape index (κ2) is 22.9. The van der Waals surface area contributed by atoms with Crippen LogP contribution in [0.1, 0.15) is 151 Å². The summed E-state index contributed by atoms with van der Waals surface area (Å²) in [7, 11) is -4.51. The third kappa shape index (κ3) is 11.8. The maximum atomic E-state index is 13.1. The molecule has 4 amide bonds. The van der Waals surface area contributed by atoms with E-state index in [2.05, 4.69) is 97.2 Å². The van der Waals surface area contributed by atoms with Crippen LogP contribution in [0, 0.1) is 6.92 Å². The van der Waals surface area contributed by atoms with Crippen LogP contribution < -0.4 is 20.3 Å². The largest absolute Gasteiger partial charge is 0.457 e. The Morgan fingerprint density at radius 2 is 1.45 bits per heavy atom. The third-order valence-corrected chi connectivity index (χ3v) is 15.8. The van der Waals surface area contributed by atoms with Gasteiger partial charge in [0.25, 0.3) is 21.9 Å². The summed E-state index contributed by atoms with van der Waals surface area (Å²) in [4.78, 5) is 70.5. The fourth-order valence-electron chi connectivity index (χ4n) is 11.0. The average Bonchev–Trinajstić information content (AvgIpc) is 3.88. The molecule has 2 bridgehead atoms. The number of hydrogen-bond acceptors (Lipinski definition) is 10. The number of benzene rings is 3. The van der Waals surface area contributed by atoms with Crippen LogP contribution in [-0.2, 0) is 45.0 Å². The highest BCUT2D eigenvalue weighted by Crippen LogP contribution is 2.52. The molecule has 0 aromatic heterocycles. The number of aryl methyl sites for hydroxylation is 1. The minimum Gasteiger partial charge on any atom is -0.457 e. The molecule has 4 heterocycles. The zero-order valence-electron chi connectivity index (χ0n) is 43.4. The Labute approximate surface area is 435 Å². The summed E-state index contributed by atoms with van der Waals surface area (Å²) in [5.74, 6) is -0.976. The minimum atomic E-state index is -4.51. The van der Waals surface area contributed by atoms with Crippen molar-refractivity contribution in [1.82, 2.24) is 15.7 Å². The number of ether oxygens (including phenoxy) is 1. The van der Waals surface area contributed by atoms with Crippen LogP contribution >= 0.6 is 0 Å². The fraction of sp³-hybridized carbons (Fsp3) is 0.448. The van der Waals surface area contributed by atoms with Crippen molar-refractivity contribution in [3.63, 3.8) is 0 Å². The van der Waals surface area contributed by atoms with E-state index in [9.17, 15) is 36.9 Å². The number of carbonyl (C=O) groups excluding carboxylic acids is 5. The molecule has 1 saturated heterocycles. The summed E-state index contributed by atoms with van der Waals surface area (Å²) < 4.78 is 44.8. The lowest BCUT2D eigenvalue weighted by atomic mass is 9.77. The Morgan fingerprint density at radius 1 is 0.757 bits per heavy atom. The lowest BCUT2D eigenvalue weighted by Crippen LogP contribution is -2.34. The molecule has 3 aromatic carbocycles. The monoisotopic (exact) mass is 1030 g/mol. The summed E-state index contributed by atoms with van der Waals surface area (Å²) in [6.07, 6.45) is 17.6. The van der Waals surface area contributed by atoms with Crippen LogP contribution in [0.4, 0.5) is 11.4 Å². The predicted molar refractivity (Wildman–Crippen MR) is 283 cm³/mol. The number of amides is 4. The number of carbonyl (C=O) groups is 5. The molecule has 1 fully saturated rings. The van der Waals surface area contributed by atoms with Crippen molar-refractivity contribution in [2.45, 2.75) is 147 Å². The molecule has 15 nitrogen and oxygen atoms in total. The number of hydroxylamine groups is 2. The highest BCUT2D eigenvalue weighted by atomic mass is 32.2. The summed E-state index contributed by atoms with van der Waals surface area (Å²) >= 11 is 0. The van der Waals surface area contributed by atoms with Crippen molar-refractivity contribution < 1.29 is 51.1 Å². The van der Waals surface area contributed by atoms with Crippen LogP contribution in [0.5, 0.6) is 5.75 Å². The molecule has 74 heavy (non-hydrogen) atoms. The number of nitrogens with one attached hydrogen (secondary N) is 2. The van der Waals surface area contributed by atoms with Crippen LogP contribution in [0.3, 0.4) is 0 Å². The van der Waals surface area contributed by atoms with E-state index in [-0.39, 0.29) is 40.5 Å². The number of fused-ring (bicyclic) bond motifs is 6. The molecule has 3 aromatic rings. The summed E-state index contributed by atoms with van der Waals surface area (Å²) in [6, 6.07) is 17.8. The van der Waals surface area contributed by atoms with Gasteiger partial charge in [-0.25, -0.2) is 4.79 Å². The topological polar surface area (TPSA) is 192 Å². The van der Waals surface area contributed by atoms with Crippen molar-refractivity contribution in [1.29, 1.82) is 0 Å². The lowest BCUT2D eigenvalue weighted by Gasteiger charge is -2.31. The van der Waals surface area contributed by atoms with Crippen LogP contribution in [0.15, 0.2) is 112 Å². The Bertz CT molecular complexity index is 2970. The number of hydrogen-bond donors (Lipinski definition) is 3. The molecular weight excluding hydrogens is 959 g/mol. The van der Waals surface area contributed by atoms with Crippen LogP contribution in [-0.4, -0.2) is 84.1 Å². The number of allylic oxidation sites excluding steroid dienone is 7. The molecule has 1 atom stereocenters. The van der Waals surface area contributed by atoms with E-state index in [0.29, 0.717) is 74.7 Å². The maximum absolute atomic E-state index is 13.1. The first kappa shape index (κ1) is 53.6.